The van der Waals surface area contributed by atoms with Gasteiger partial charge in [0.15, 0.2) is 0 Å². The molecule has 1 saturated heterocycles. The van der Waals surface area contributed by atoms with Crippen molar-refractivity contribution in [1.82, 2.24) is 0 Å². The average molecular weight is 303 g/mol. The molecule has 2 rings (SSSR count). The van der Waals surface area contributed by atoms with Crippen molar-refractivity contribution in [3.05, 3.63) is 23.8 Å². The lowest BCUT2D eigenvalue weighted by atomic mass is 10.0. The van der Waals surface area contributed by atoms with E-state index >= 15 is 0 Å². The van der Waals surface area contributed by atoms with E-state index < -0.39 is 17.8 Å². The number of alkyl halides is 3. The summed E-state index contributed by atoms with van der Waals surface area (Å²) in [4.78, 5) is 1.62. The maximum atomic E-state index is 13.2. The van der Waals surface area contributed by atoms with Gasteiger partial charge in [0.1, 0.15) is 6.34 Å². The third-order valence-corrected chi connectivity index (χ3v) is 3.40. The molecule has 1 heterocycles. The lowest BCUT2D eigenvalue weighted by Crippen LogP contribution is -2.36. The number of aliphatic hydroxyl groups is 1. The maximum absolute atomic E-state index is 13.2. The zero-order valence-electron chi connectivity index (χ0n) is 11.1. The van der Waals surface area contributed by atoms with E-state index in [1.807, 2.05) is 0 Å². The fourth-order valence-corrected chi connectivity index (χ4v) is 2.34. The first-order valence-corrected chi connectivity index (χ1v) is 6.48. The summed E-state index contributed by atoms with van der Waals surface area (Å²) < 4.78 is 39.6. The molecule has 1 aliphatic rings. The Hall–Kier alpha value is -1.96. The quantitative estimate of drug-likeness (QED) is 0.347. The minimum absolute atomic E-state index is 0.0980. The number of aliphatic hydroxyl groups excluding tert-OH is 1. The Morgan fingerprint density at radius 2 is 1.95 bits per heavy atom. The average Bonchev–Trinajstić information content (AvgIpc) is 2.45. The van der Waals surface area contributed by atoms with Crippen molar-refractivity contribution < 1.29 is 23.5 Å². The molecule has 1 fully saturated rings. The van der Waals surface area contributed by atoms with Crippen LogP contribution < -0.4 is 10.2 Å². The first kappa shape index (κ1) is 15.4. The number of hydrogen-bond donors (Lipinski definition) is 3. The Balaban J connectivity index is 2.31. The van der Waals surface area contributed by atoms with E-state index in [0.717, 1.165) is 12.4 Å². The van der Waals surface area contributed by atoms with Crippen molar-refractivity contribution in [2.24, 2.45) is 5.16 Å². The molecule has 0 radical (unpaired) electrons. The SMILES string of the molecule is O/N=C/Nc1ccc(N2CCC(O)CC2)c(C(F)(F)F)c1. The Kier molecular flexibility index (Phi) is 4.56. The lowest BCUT2D eigenvalue weighted by Gasteiger charge is -2.33. The van der Waals surface area contributed by atoms with Crippen LogP contribution in [-0.4, -0.2) is 35.8 Å². The molecule has 0 unspecified atom stereocenters. The molecule has 3 N–H and O–H groups in total. The second-order valence-corrected chi connectivity index (χ2v) is 4.84. The van der Waals surface area contributed by atoms with Crippen molar-refractivity contribution >= 4 is 17.7 Å². The van der Waals surface area contributed by atoms with E-state index in [1.165, 1.54) is 12.1 Å². The molecule has 0 amide bonds. The van der Waals surface area contributed by atoms with Gasteiger partial charge in [-0.2, -0.15) is 13.2 Å². The normalized spacial score (nSPS) is 17.4. The van der Waals surface area contributed by atoms with Crippen LogP contribution in [0.2, 0.25) is 0 Å². The number of halogens is 3. The van der Waals surface area contributed by atoms with Crippen LogP contribution in [0.4, 0.5) is 24.5 Å². The zero-order valence-corrected chi connectivity index (χ0v) is 11.1. The number of rotatable bonds is 3. The lowest BCUT2D eigenvalue weighted by molar-refractivity contribution is -0.137. The van der Waals surface area contributed by atoms with E-state index in [2.05, 4.69) is 10.5 Å². The number of nitrogens with one attached hydrogen (secondary N) is 1. The Morgan fingerprint density at radius 1 is 1.29 bits per heavy atom. The molecule has 0 aliphatic carbocycles. The predicted molar refractivity (Wildman–Crippen MR) is 72.8 cm³/mol. The summed E-state index contributed by atoms with van der Waals surface area (Å²) in [5.74, 6) is 0. The Bertz CT molecular complexity index is 512. The van der Waals surface area contributed by atoms with Crippen LogP contribution in [0.1, 0.15) is 18.4 Å². The van der Waals surface area contributed by atoms with Gasteiger partial charge in [-0.25, -0.2) is 0 Å². The molecule has 0 aromatic heterocycles. The van der Waals surface area contributed by atoms with Crippen molar-refractivity contribution in [1.29, 1.82) is 0 Å². The molecule has 0 bridgehead atoms. The summed E-state index contributed by atoms with van der Waals surface area (Å²) in [6.45, 7) is 0.768. The van der Waals surface area contributed by atoms with Crippen LogP contribution in [0.5, 0.6) is 0 Å². The molecule has 0 atom stereocenters. The van der Waals surface area contributed by atoms with Crippen LogP contribution >= 0.6 is 0 Å². The zero-order chi connectivity index (χ0) is 15.5. The fourth-order valence-electron chi connectivity index (χ4n) is 2.34. The highest BCUT2D eigenvalue weighted by Crippen LogP contribution is 2.39. The topological polar surface area (TPSA) is 68.1 Å². The fraction of sp³-hybridized carbons (Fsp3) is 0.462. The van der Waals surface area contributed by atoms with Crippen molar-refractivity contribution in [3.8, 4) is 0 Å². The third kappa shape index (κ3) is 3.78. The van der Waals surface area contributed by atoms with Gasteiger partial charge >= 0.3 is 6.18 Å². The predicted octanol–water partition coefficient (Wildman–Crippen LogP) is 2.50. The highest BCUT2D eigenvalue weighted by atomic mass is 19.4. The van der Waals surface area contributed by atoms with Crippen LogP contribution in [0.15, 0.2) is 23.4 Å². The molecule has 0 saturated carbocycles. The van der Waals surface area contributed by atoms with Gasteiger partial charge in [0.25, 0.3) is 0 Å². The molecule has 116 valence electrons. The van der Waals surface area contributed by atoms with Gasteiger partial charge < -0.3 is 20.5 Å². The number of nitrogens with zero attached hydrogens (tertiary/aromatic N) is 2. The molecule has 5 nitrogen and oxygen atoms in total. The van der Waals surface area contributed by atoms with Crippen LogP contribution in [-0.2, 0) is 6.18 Å². The number of hydrogen-bond acceptors (Lipinski definition) is 4. The van der Waals surface area contributed by atoms with Gasteiger partial charge in [-0.3, -0.25) is 0 Å². The summed E-state index contributed by atoms with van der Waals surface area (Å²) in [6, 6.07) is 3.84. The van der Waals surface area contributed by atoms with Gasteiger partial charge in [0, 0.05) is 24.5 Å². The number of piperidine rings is 1. The molecule has 8 heteroatoms. The van der Waals surface area contributed by atoms with E-state index in [-0.39, 0.29) is 11.4 Å². The number of benzene rings is 1. The number of anilines is 2. The summed E-state index contributed by atoms with van der Waals surface area (Å²) in [7, 11) is 0. The first-order valence-electron chi connectivity index (χ1n) is 6.48. The van der Waals surface area contributed by atoms with Crippen LogP contribution in [0.3, 0.4) is 0 Å². The molecule has 0 spiro atoms. The Labute approximate surface area is 119 Å². The van der Waals surface area contributed by atoms with Crippen molar-refractivity contribution in [3.63, 3.8) is 0 Å². The second-order valence-electron chi connectivity index (χ2n) is 4.84. The minimum atomic E-state index is -4.49. The second kappa shape index (κ2) is 6.21. The standard InChI is InChI=1S/C13H16F3N3O2/c14-13(15,16)11-7-9(17-8-18-21)1-2-12(11)19-5-3-10(20)4-6-19/h1-2,7-8,10,20-21H,3-6H2,(H,17,18). The van der Waals surface area contributed by atoms with Gasteiger partial charge in [0.2, 0.25) is 0 Å². The highest BCUT2D eigenvalue weighted by molar-refractivity contribution is 5.77. The summed E-state index contributed by atoms with van der Waals surface area (Å²) in [5, 5.41) is 22.9. The van der Waals surface area contributed by atoms with Crippen molar-refractivity contribution in [2.45, 2.75) is 25.1 Å². The van der Waals surface area contributed by atoms with Gasteiger partial charge in [-0.15, -0.1) is 0 Å². The van der Waals surface area contributed by atoms with Crippen LogP contribution in [0, 0.1) is 0 Å². The maximum Gasteiger partial charge on any atom is 0.418 e. The molecule has 21 heavy (non-hydrogen) atoms. The molecule has 1 aliphatic heterocycles. The van der Waals surface area contributed by atoms with E-state index in [4.69, 9.17) is 5.21 Å². The van der Waals surface area contributed by atoms with Gasteiger partial charge in [-0.1, -0.05) is 5.16 Å². The summed E-state index contributed by atoms with van der Waals surface area (Å²) >= 11 is 0. The van der Waals surface area contributed by atoms with Gasteiger partial charge in [0.05, 0.1) is 11.7 Å². The highest BCUT2D eigenvalue weighted by Gasteiger charge is 2.35. The van der Waals surface area contributed by atoms with Crippen LogP contribution in [0.25, 0.3) is 0 Å². The monoisotopic (exact) mass is 303 g/mol. The molecular weight excluding hydrogens is 287 g/mol. The van der Waals surface area contributed by atoms with E-state index in [1.54, 1.807) is 4.90 Å². The smallest absolute Gasteiger partial charge is 0.410 e. The molecular formula is C13H16F3N3O2. The summed E-state index contributed by atoms with van der Waals surface area (Å²) in [5.41, 5.74) is -0.475. The third-order valence-electron chi connectivity index (χ3n) is 3.40. The van der Waals surface area contributed by atoms with E-state index in [0.29, 0.717) is 25.9 Å². The van der Waals surface area contributed by atoms with Crippen molar-refractivity contribution in [2.75, 3.05) is 23.3 Å². The first-order chi connectivity index (χ1) is 9.91. The van der Waals surface area contributed by atoms with E-state index in [9.17, 15) is 18.3 Å². The Morgan fingerprint density at radius 3 is 2.52 bits per heavy atom. The minimum Gasteiger partial charge on any atom is -0.410 e. The largest absolute Gasteiger partial charge is 0.418 e. The van der Waals surface area contributed by atoms with Gasteiger partial charge in [-0.05, 0) is 31.0 Å². The number of oxime groups is 1. The summed E-state index contributed by atoms with van der Waals surface area (Å²) in [6.07, 6.45) is -3.13. The molecule has 1 aromatic carbocycles. The molecule has 1 aromatic rings.